The van der Waals surface area contributed by atoms with Crippen LogP contribution in [0.1, 0.15) is 30.7 Å². The van der Waals surface area contributed by atoms with Gasteiger partial charge in [0, 0.05) is 18.0 Å². The molecule has 1 aromatic carbocycles. The lowest BCUT2D eigenvalue weighted by Crippen LogP contribution is -2.49. The molecule has 3 rings (SSSR count). The van der Waals surface area contributed by atoms with Gasteiger partial charge in [-0.05, 0) is 44.0 Å². The van der Waals surface area contributed by atoms with Crippen molar-refractivity contribution in [1.29, 1.82) is 0 Å². The van der Waals surface area contributed by atoms with Crippen LogP contribution in [0.3, 0.4) is 0 Å². The van der Waals surface area contributed by atoms with Crippen LogP contribution in [0.4, 0.5) is 0 Å². The molecule has 0 aromatic heterocycles. The fourth-order valence-electron chi connectivity index (χ4n) is 4.01. The van der Waals surface area contributed by atoms with Crippen molar-refractivity contribution in [3.63, 3.8) is 0 Å². The zero-order chi connectivity index (χ0) is 15.1. The van der Waals surface area contributed by atoms with Crippen LogP contribution in [0.2, 0.25) is 10.0 Å². The van der Waals surface area contributed by atoms with E-state index in [2.05, 4.69) is 11.9 Å². The number of esters is 1. The average molecular weight is 328 g/mol. The van der Waals surface area contributed by atoms with Crippen molar-refractivity contribution < 1.29 is 9.53 Å². The molecule has 1 unspecified atom stereocenters. The van der Waals surface area contributed by atoms with Crippen molar-refractivity contribution in [1.82, 2.24) is 4.90 Å². The molecule has 0 saturated carbocycles. The molecule has 4 atom stereocenters. The molecular formula is C16H19Cl2NO2. The number of hydrogen-bond donors (Lipinski definition) is 0. The summed E-state index contributed by atoms with van der Waals surface area (Å²) in [7, 11) is 3.58. The minimum atomic E-state index is -0.129. The zero-order valence-electron chi connectivity index (χ0n) is 12.2. The second kappa shape index (κ2) is 5.79. The molecule has 2 aliphatic heterocycles. The number of rotatable bonds is 2. The zero-order valence-corrected chi connectivity index (χ0v) is 13.7. The van der Waals surface area contributed by atoms with E-state index in [9.17, 15) is 4.79 Å². The number of halogens is 2. The molecule has 0 spiro atoms. The molecule has 0 radical (unpaired) electrons. The summed E-state index contributed by atoms with van der Waals surface area (Å²) in [4.78, 5) is 14.7. The highest BCUT2D eigenvalue weighted by molar-refractivity contribution is 6.42. The van der Waals surface area contributed by atoms with E-state index in [0.29, 0.717) is 16.1 Å². The van der Waals surface area contributed by atoms with Crippen LogP contribution in [0.25, 0.3) is 0 Å². The maximum atomic E-state index is 12.3. The predicted molar refractivity (Wildman–Crippen MR) is 83.9 cm³/mol. The Labute approximate surface area is 135 Å². The SMILES string of the molecule is COC(=O)[C@H]1[C@H](c2ccc(Cl)c(Cl)c2)CC2CC[C@@H]1N2C. The molecule has 1 aromatic rings. The van der Waals surface area contributed by atoms with Gasteiger partial charge in [-0.1, -0.05) is 29.3 Å². The average Bonchev–Trinajstić information content (AvgIpc) is 2.72. The van der Waals surface area contributed by atoms with Crippen LogP contribution < -0.4 is 0 Å². The van der Waals surface area contributed by atoms with Crippen LogP contribution in [0.15, 0.2) is 18.2 Å². The van der Waals surface area contributed by atoms with Crippen LogP contribution in [0.5, 0.6) is 0 Å². The van der Waals surface area contributed by atoms with Gasteiger partial charge in [0.2, 0.25) is 0 Å². The third-order valence-electron chi connectivity index (χ3n) is 5.11. The van der Waals surface area contributed by atoms with Gasteiger partial charge in [0.1, 0.15) is 0 Å². The van der Waals surface area contributed by atoms with Gasteiger partial charge in [-0.15, -0.1) is 0 Å². The first-order valence-electron chi connectivity index (χ1n) is 7.27. The molecule has 2 heterocycles. The van der Waals surface area contributed by atoms with Gasteiger partial charge in [-0.3, -0.25) is 9.69 Å². The van der Waals surface area contributed by atoms with Crippen LogP contribution in [-0.4, -0.2) is 37.1 Å². The number of ether oxygens (including phenoxy) is 1. The standard InChI is InChI=1S/C16H19Cl2NO2/c1-19-10-4-6-14(19)15(16(20)21-2)11(8-10)9-3-5-12(17)13(18)7-9/h3,5,7,10-11,14-15H,4,6,8H2,1-2H3/t10?,11-,14-,15-/m0/s1. The van der Waals surface area contributed by atoms with E-state index in [1.165, 1.54) is 7.11 Å². The second-order valence-electron chi connectivity index (χ2n) is 6.03. The summed E-state index contributed by atoms with van der Waals surface area (Å²) < 4.78 is 5.07. The molecule has 21 heavy (non-hydrogen) atoms. The lowest BCUT2D eigenvalue weighted by molar-refractivity contribution is -0.150. The molecule has 5 heteroatoms. The van der Waals surface area contributed by atoms with Gasteiger partial charge in [0.25, 0.3) is 0 Å². The molecule has 0 N–H and O–H groups in total. The largest absolute Gasteiger partial charge is 0.469 e. The summed E-state index contributed by atoms with van der Waals surface area (Å²) in [5, 5.41) is 1.09. The van der Waals surface area contributed by atoms with Crippen molar-refractivity contribution in [2.75, 3.05) is 14.2 Å². The van der Waals surface area contributed by atoms with Crippen molar-refractivity contribution in [3.8, 4) is 0 Å². The Morgan fingerprint density at radius 2 is 2.05 bits per heavy atom. The number of hydrogen-bond acceptors (Lipinski definition) is 3. The maximum Gasteiger partial charge on any atom is 0.310 e. The van der Waals surface area contributed by atoms with Gasteiger partial charge in [-0.2, -0.15) is 0 Å². The van der Waals surface area contributed by atoms with Gasteiger partial charge in [-0.25, -0.2) is 0 Å². The maximum absolute atomic E-state index is 12.3. The van der Waals surface area contributed by atoms with Gasteiger partial charge < -0.3 is 4.74 Å². The fraction of sp³-hybridized carbons (Fsp3) is 0.562. The van der Waals surface area contributed by atoms with E-state index in [-0.39, 0.29) is 23.8 Å². The Hall–Kier alpha value is -0.770. The van der Waals surface area contributed by atoms with Gasteiger partial charge in [0.05, 0.1) is 23.1 Å². The number of nitrogens with zero attached hydrogens (tertiary/aromatic N) is 1. The molecule has 2 aliphatic rings. The molecule has 0 aliphatic carbocycles. The Kier molecular flexibility index (Phi) is 4.17. The molecular weight excluding hydrogens is 309 g/mol. The monoisotopic (exact) mass is 327 g/mol. The molecule has 2 saturated heterocycles. The highest BCUT2D eigenvalue weighted by Crippen LogP contribution is 2.47. The van der Waals surface area contributed by atoms with E-state index in [1.807, 2.05) is 18.2 Å². The third kappa shape index (κ3) is 2.56. The number of benzene rings is 1. The minimum absolute atomic E-state index is 0.122. The summed E-state index contributed by atoms with van der Waals surface area (Å²) in [6.07, 6.45) is 3.16. The number of piperidine rings is 1. The minimum Gasteiger partial charge on any atom is -0.469 e. The number of methoxy groups -OCH3 is 1. The molecule has 2 fully saturated rings. The van der Waals surface area contributed by atoms with E-state index in [1.54, 1.807) is 0 Å². The lowest BCUT2D eigenvalue weighted by Gasteiger charge is -2.41. The normalized spacial score (nSPS) is 32.2. The smallest absolute Gasteiger partial charge is 0.310 e. The quantitative estimate of drug-likeness (QED) is 0.775. The van der Waals surface area contributed by atoms with E-state index >= 15 is 0 Å². The molecule has 0 amide bonds. The second-order valence-corrected chi connectivity index (χ2v) is 6.84. The summed E-state index contributed by atoms with van der Waals surface area (Å²) in [5.41, 5.74) is 1.09. The third-order valence-corrected chi connectivity index (χ3v) is 5.85. The van der Waals surface area contributed by atoms with Crippen molar-refractivity contribution >= 4 is 29.2 Å². The Morgan fingerprint density at radius 3 is 2.71 bits per heavy atom. The number of carbonyl (C=O) groups is 1. The van der Waals surface area contributed by atoms with E-state index < -0.39 is 0 Å². The molecule has 3 nitrogen and oxygen atoms in total. The summed E-state index contributed by atoms with van der Waals surface area (Å²) in [6.45, 7) is 0. The van der Waals surface area contributed by atoms with Gasteiger partial charge >= 0.3 is 5.97 Å². The first-order chi connectivity index (χ1) is 10.0. The molecule has 2 bridgehead atoms. The number of carbonyl (C=O) groups excluding carboxylic acids is 1. The van der Waals surface area contributed by atoms with Crippen molar-refractivity contribution in [3.05, 3.63) is 33.8 Å². The summed E-state index contributed by atoms with van der Waals surface area (Å²) in [5.74, 6) is -0.0971. The topological polar surface area (TPSA) is 29.5 Å². The van der Waals surface area contributed by atoms with Crippen LogP contribution in [-0.2, 0) is 9.53 Å². The summed E-state index contributed by atoms with van der Waals surface area (Å²) in [6, 6.07) is 6.49. The van der Waals surface area contributed by atoms with Crippen molar-refractivity contribution in [2.24, 2.45) is 5.92 Å². The first-order valence-corrected chi connectivity index (χ1v) is 8.03. The Morgan fingerprint density at radius 1 is 1.29 bits per heavy atom. The van der Waals surface area contributed by atoms with E-state index in [4.69, 9.17) is 27.9 Å². The first kappa shape index (κ1) is 15.1. The van der Waals surface area contributed by atoms with Gasteiger partial charge in [0.15, 0.2) is 0 Å². The number of fused-ring (bicyclic) bond motifs is 2. The Bertz CT molecular complexity index is 563. The molecule has 114 valence electrons. The Balaban J connectivity index is 1.98. The fourth-order valence-corrected chi connectivity index (χ4v) is 4.32. The van der Waals surface area contributed by atoms with Crippen LogP contribution >= 0.6 is 23.2 Å². The van der Waals surface area contributed by atoms with Crippen LogP contribution in [0, 0.1) is 5.92 Å². The highest BCUT2D eigenvalue weighted by atomic mass is 35.5. The predicted octanol–water partition coefficient (Wildman–Crippen LogP) is 3.73. The summed E-state index contributed by atoms with van der Waals surface area (Å²) >= 11 is 12.2. The van der Waals surface area contributed by atoms with E-state index in [0.717, 1.165) is 24.8 Å². The lowest BCUT2D eigenvalue weighted by atomic mass is 9.76. The highest BCUT2D eigenvalue weighted by Gasteiger charge is 2.49. The van der Waals surface area contributed by atoms with Crippen molar-refractivity contribution in [2.45, 2.75) is 37.3 Å².